The van der Waals surface area contributed by atoms with E-state index in [0.717, 1.165) is 23.1 Å². The van der Waals surface area contributed by atoms with Gasteiger partial charge in [-0.05, 0) is 49.8 Å². The molecule has 0 aromatic heterocycles. The Morgan fingerprint density at radius 3 is 2.38 bits per heavy atom. The Hall–Kier alpha value is -1.23. The molecule has 2 nitrogen and oxygen atoms in total. The van der Waals surface area contributed by atoms with Gasteiger partial charge in [0.15, 0.2) is 0 Å². The van der Waals surface area contributed by atoms with Gasteiger partial charge in [0.25, 0.3) is 0 Å². The Labute approximate surface area is 123 Å². The third-order valence-electron chi connectivity index (χ3n) is 4.28. The topological polar surface area (TPSA) is 32.3 Å². The van der Waals surface area contributed by atoms with E-state index in [9.17, 15) is 18.3 Å². The molecule has 2 unspecified atom stereocenters. The normalized spacial score (nSPS) is 23.3. The van der Waals surface area contributed by atoms with E-state index in [-0.39, 0.29) is 24.6 Å². The van der Waals surface area contributed by atoms with Gasteiger partial charge in [0.2, 0.25) is 0 Å². The Kier molecular flexibility index (Phi) is 4.81. The highest BCUT2D eigenvalue weighted by Crippen LogP contribution is 2.37. The third-order valence-corrected chi connectivity index (χ3v) is 4.28. The summed E-state index contributed by atoms with van der Waals surface area (Å²) in [5.41, 5.74) is 2.59. The Bertz CT molecular complexity index is 476. The van der Waals surface area contributed by atoms with Crippen LogP contribution in [0.3, 0.4) is 0 Å². The first kappa shape index (κ1) is 16.1. The quantitative estimate of drug-likeness (QED) is 0.876. The summed E-state index contributed by atoms with van der Waals surface area (Å²) in [4.78, 5) is 0. The SMILES string of the molecule is Cc1cc(CNC2CCCC(C(F)(F)F)C2)cc(C)c1O. The maximum Gasteiger partial charge on any atom is 0.391 e. The van der Waals surface area contributed by atoms with Crippen molar-refractivity contribution < 1.29 is 18.3 Å². The Morgan fingerprint density at radius 2 is 1.81 bits per heavy atom. The van der Waals surface area contributed by atoms with Gasteiger partial charge in [-0.25, -0.2) is 0 Å². The molecule has 0 saturated heterocycles. The van der Waals surface area contributed by atoms with Gasteiger partial charge >= 0.3 is 6.18 Å². The second kappa shape index (κ2) is 6.26. The third kappa shape index (κ3) is 4.13. The lowest BCUT2D eigenvalue weighted by Crippen LogP contribution is -2.38. The zero-order valence-electron chi connectivity index (χ0n) is 12.4. The van der Waals surface area contributed by atoms with Crippen molar-refractivity contribution in [2.75, 3.05) is 0 Å². The molecule has 118 valence electrons. The molecule has 1 saturated carbocycles. The van der Waals surface area contributed by atoms with Crippen LogP contribution >= 0.6 is 0 Å². The maximum atomic E-state index is 12.8. The van der Waals surface area contributed by atoms with Crippen LogP contribution in [-0.4, -0.2) is 17.3 Å². The summed E-state index contributed by atoms with van der Waals surface area (Å²) in [7, 11) is 0. The van der Waals surface area contributed by atoms with Crippen molar-refractivity contribution in [2.45, 2.75) is 58.3 Å². The predicted octanol–water partition coefficient (Wildman–Crippen LogP) is 4.22. The highest BCUT2D eigenvalue weighted by molar-refractivity contribution is 5.42. The fourth-order valence-corrected chi connectivity index (χ4v) is 3.08. The van der Waals surface area contributed by atoms with Gasteiger partial charge in [0.1, 0.15) is 5.75 Å². The molecule has 0 amide bonds. The van der Waals surface area contributed by atoms with Gasteiger partial charge in [-0.1, -0.05) is 18.6 Å². The molecule has 5 heteroatoms. The maximum absolute atomic E-state index is 12.8. The summed E-state index contributed by atoms with van der Waals surface area (Å²) in [5, 5.41) is 13.0. The van der Waals surface area contributed by atoms with Crippen LogP contribution in [-0.2, 0) is 6.54 Å². The highest BCUT2D eigenvalue weighted by atomic mass is 19.4. The first-order chi connectivity index (χ1) is 9.77. The van der Waals surface area contributed by atoms with Crippen LogP contribution in [0, 0.1) is 19.8 Å². The monoisotopic (exact) mass is 301 g/mol. The summed E-state index contributed by atoms with van der Waals surface area (Å²) in [6.45, 7) is 4.19. The number of phenols is 1. The van der Waals surface area contributed by atoms with Crippen LogP contribution in [0.15, 0.2) is 12.1 Å². The summed E-state index contributed by atoms with van der Waals surface area (Å²) in [6, 6.07) is 3.67. The number of alkyl halides is 3. The zero-order valence-corrected chi connectivity index (χ0v) is 12.4. The molecular formula is C16H22F3NO. The number of nitrogens with one attached hydrogen (secondary N) is 1. The molecule has 2 rings (SSSR count). The largest absolute Gasteiger partial charge is 0.507 e. The summed E-state index contributed by atoms with van der Waals surface area (Å²) < 4.78 is 38.3. The molecule has 2 atom stereocenters. The van der Waals surface area contributed by atoms with Crippen LogP contribution in [0.4, 0.5) is 13.2 Å². The van der Waals surface area contributed by atoms with Crippen LogP contribution in [0.25, 0.3) is 0 Å². The highest BCUT2D eigenvalue weighted by Gasteiger charge is 2.41. The van der Waals surface area contributed by atoms with Gasteiger partial charge in [-0.3, -0.25) is 0 Å². The van der Waals surface area contributed by atoms with E-state index in [1.807, 2.05) is 26.0 Å². The van der Waals surface area contributed by atoms with Crippen molar-refractivity contribution in [2.24, 2.45) is 5.92 Å². The van der Waals surface area contributed by atoms with Crippen molar-refractivity contribution in [1.29, 1.82) is 0 Å². The van der Waals surface area contributed by atoms with E-state index in [0.29, 0.717) is 13.0 Å². The molecule has 1 aromatic carbocycles. The van der Waals surface area contributed by atoms with Crippen molar-refractivity contribution >= 4 is 0 Å². The van der Waals surface area contributed by atoms with Gasteiger partial charge in [0.05, 0.1) is 5.92 Å². The molecule has 0 aliphatic heterocycles. The zero-order chi connectivity index (χ0) is 15.6. The summed E-state index contributed by atoms with van der Waals surface area (Å²) in [5.74, 6) is -0.888. The molecule has 1 aromatic rings. The fourth-order valence-electron chi connectivity index (χ4n) is 3.08. The van der Waals surface area contributed by atoms with Gasteiger partial charge in [-0.2, -0.15) is 13.2 Å². The molecule has 1 aliphatic rings. The minimum absolute atomic E-state index is 0.0835. The van der Waals surface area contributed by atoms with Crippen molar-refractivity contribution in [3.05, 3.63) is 28.8 Å². The number of rotatable bonds is 3. The van der Waals surface area contributed by atoms with Crippen molar-refractivity contribution in [1.82, 2.24) is 5.32 Å². The van der Waals surface area contributed by atoms with Gasteiger partial charge in [0, 0.05) is 12.6 Å². The standard InChI is InChI=1S/C16H22F3NO/c1-10-6-12(7-11(2)15(10)21)9-20-14-5-3-4-13(8-14)16(17,18)19/h6-7,13-14,20-21H,3-5,8-9H2,1-2H3. The Morgan fingerprint density at radius 1 is 1.19 bits per heavy atom. The predicted molar refractivity (Wildman–Crippen MR) is 76.2 cm³/mol. The number of halogens is 3. The first-order valence-electron chi connectivity index (χ1n) is 7.36. The van der Waals surface area contributed by atoms with Gasteiger partial charge in [-0.15, -0.1) is 0 Å². The van der Waals surface area contributed by atoms with E-state index in [2.05, 4.69) is 5.32 Å². The second-order valence-corrected chi connectivity index (χ2v) is 6.06. The molecule has 1 fully saturated rings. The molecule has 2 N–H and O–H groups in total. The molecular weight excluding hydrogens is 279 g/mol. The van der Waals surface area contributed by atoms with E-state index in [4.69, 9.17) is 0 Å². The number of hydrogen-bond donors (Lipinski definition) is 2. The van der Waals surface area contributed by atoms with Gasteiger partial charge < -0.3 is 10.4 Å². The van der Waals surface area contributed by atoms with Crippen LogP contribution in [0.5, 0.6) is 5.75 Å². The molecule has 21 heavy (non-hydrogen) atoms. The van der Waals surface area contributed by atoms with E-state index < -0.39 is 12.1 Å². The number of aryl methyl sites for hydroxylation is 2. The molecule has 0 spiro atoms. The molecule has 1 aliphatic carbocycles. The van der Waals surface area contributed by atoms with E-state index in [1.165, 1.54) is 0 Å². The lowest BCUT2D eigenvalue weighted by atomic mass is 9.85. The summed E-state index contributed by atoms with van der Waals surface area (Å²) in [6.07, 6.45) is -2.25. The number of aromatic hydroxyl groups is 1. The minimum Gasteiger partial charge on any atom is -0.507 e. The second-order valence-electron chi connectivity index (χ2n) is 6.06. The van der Waals surface area contributed by atoms with Crippen molar-refractivity contribution in [3.63, 3.8) is 0 Å². The average Bonchev–Trinajstić information content (AvgIpc) is 2.42. The van der Waals surface area contributed by atoms with Crippen LogP contribution in [0.1, 0.15) is 42.4 Å². The van der Waals surface area contributed by atoms with E-state index in [1.54, 1.807) is 0 Å². The van der Waals surface area contributed by atoms with Crippen LogP contribution in [0.2, 0.25) is 0 Å². The molecule has 0 bridgehead atoms. The van der Waals surface area contributed by atoms with Crippen molar-refractivity contribution in [3.8, 4) is 5.75 Å². The number of benzene rings is 1. The minimum atomic E-state index is -4.08. The number of hydrogen-bond acceptors (Lipinski definition) is 2. The first-order valence-corrected chi connectivity index (χ1v) is 7.36. The molecule has 0 radical (unpaired) electrons. The summed E-state index contributed by atoms with van der Waals surface area (Å²) >= 11 is 0. The number of phenolic OH excluding ortho intramolecular Hbond substituents is 1. The van der Waals surface area contributed by atoms with E-state index >= 15 is 0 Å². The average molecular weight is 301 g/mol. The Balaban J connectivity index is 1.94. The van der Waals surface area contributed by atoms with Crippen LogP contribution < -0.4 is 5.32 Å². The lowest BCUT2D eigenvalue weighted by molar-refractivity contribution is -0.183. The fraction of sp³-hybridized carbons (Fsp3) is 0.625. The smallest absolute Gasteiger partial charge is 0.391 e. The lowest BCUT2D eigenvalue weighted by Gasteiger charge is -2.31. The molecule has 0 heterocycles.